The first kappa shape index (κ1) is 56.7. The number of rotatable bonds is 14. The van der Waals surface area contributed by atoms with E-state index in [1.54, 1.807) is 60.7 Å². The van der Waals surface area contributed by atoms with Gasteiger partial charge in [-0.3, -0.25) is 18.9 Å². The zero-order valence-corrected chi connectivity index (χ0v) is 43.5. The second-order valence-corrected chi connectivity index (χ2v) is 19.3. The highest BCUT2D eigenvalue weighted by molar-refractivity contribution is 7.85. The number of nitrogens with two attached hydrogens (primary N) is 2. The van der Waals surface area contributed by atoms with Crippen LogP contribution in [0.4, 0.5) is 9.59 Å². The molecule has 0 atom stereocenters. The normalized spacial score (nSPS) is 14.6. The monoisotopic (exact) mass is 1070 g/mol. The van der Waals surface area contributed by atoms with Gasteiger partial charge >= 0.3 is 32.7 Å². The number of nitrogens with zero attached hydrogens (tertiary/aromatic N) is 8. The van der Waals surface area contributed by atoms with E-state index in [-0.39, 0.29) is 60.5 Å². The van der Waals surface area contributed by atoms with Gasteiger partial charge in [0.15, 0.2) is 0 Å². The molecule has 4 N–H and O–H groups in total. The Morgan fingerprint density at radius 2 is 0.917 bits per heavy atom. The molecule has 8 rings (SSSR count). The van der Waals surface area contributed by atoms with Crippen molar-refractivity contribution in [2.75, 3.05) is 54.5 Å². The van der Waals surface area contributed by atoms with Crippen LogP contribution in [-0.2, 0) is 33.7 Å². The van der Waals surface area contributed by atoms with Gasteiger partial charge in [-0.25, -0.2) is 19.6 Å². The van der Waals surface area contributed by atoms with Gasteiger partial charge in [-0.15, -0.1) is 24.8 Å². The van der Waals surface area contributed by atoms with Crippen LogP contribution in [-0.4, -0.2) is 134 Å². The number of likely N-dealkylation sites (tertiary alicyclic amines) is 2. The fourth-order valence-electron chi connectivity index (χ4n) is 8.45. The summed E-state index contributed by atoms with van der Waals surface area (Å²) in [5.74, 6) is 1.92. The molecule has 2 fully saturated rings. The molecule has 6 aromatic rings. The third-order valence-electron chi connectivity index (χ3n) is 12.2. The molecule has 0 saturated carbocycles. The number of hydrogen-bond donors (Lipinski definition) is 2. The number of halogens is 2. The van der Waals surface area contributed by atoms with Crippen molar-refractivity contribution >= 4 is 57.5 Å². The molecule has 0 radical (unpaired) electrons. The number of benzene rings is 4. The fraction of sp³-hybridized carbons (Fsp3) is 0.333. The van der Waals surface area contributed by atoms with Crippen LogP contribution in [0, 0.1) is 0 Å². The number of piperidine rings is 2. The van der Waals surface area contributed by atoms with E-state index in [0.717, 1.165) is 76.5 Å². The van der Waals surface area contributed by atoms with Gasteiger partial charge in [-0.2, -0.15) is 27.1 Å². The predicted octanol–water partition coefficient (Wildman–Crippen LogP) is 6.25. The number of amides is 2. The quantitative estimate of drug-likeness (QED) is 0.123. The van der Waals surface area contributed by atoms with Crippen molar-refractivity contribution in [2.45, 2.75) is 50.9 Å². The van der Waals surface area contributed by atoms with E-state index < -0.39 is 20.6 Å². The molecule has 24 heteroatoms. The Hall–Kier alpha value is -6.24. The number of ether oxygens (including phenoxy) is 2. The Kier molecular flexibility index (Phi) is 20.0. The van der Waals surface area contributed by atoms with Gasteiger partial charge in [0.2, 0.25) is 0 Å². The highest BCUT2D eigenvalue weighted by atomic mass is 35.5. The maximum Gasteiger partial charge on any atom is 0.380 e. The minimum atomic E-state index is -4.08. The average molecular weight is 1070 g/mol. The fourth-order valence-corrected chi connectivity index (χ4v) is 9.21. The minimum absolute atomic E-state index is 0. The molecule has 0 spiro atoms. The standard InChI is InChI=1S/2C24H29N5O5S.2ClH/c2*1-27(20-10-12-28(13-11-20)15-18-4-3-5-22(14-18)33-2)24(30)29-16-23(26-17-29)19-6-8-21(9-7-19)34-35(25,31)32;;/h2*3-9,14,16-17,20H,10-13,15H2,1-2H3,(H2,25,31,32);2*1H. The average Bonchev–Trinajstić information content (AvgIpc) is 4.05. The summed E-state index contributed by atoms with van der Waals surface area (Å²) in [7, 11) is -1.18. The molecule has 4 aromatic carbocycles. The van der Waals surface area contributed by atoms with Crippen LogP contribution in [0.5, 0.6) is 23.0 Å². The van der Waals surface area contributed by atoms with Gasteiger partial charge < -0.3 is 27.6 Å². The van der Waals surface area contributed by atoms with Gasteiger partial charge in [0.1, 0.15) is 35.7 Å². The number of aromatic nitrogens is 4. The first-order valence-electron chi connectivity index (χ1n) is 22.4. The summed E-state index contributed by atoms with van der Waals surface area (Å²) in [6, 6.07) is 28.7. The summed E-state index contributed by atoms with van der Waals surface area (Å²) in [6.07, 6.45) is 9.84. The minimum Gasteiger partial charge on any atom is -0.497 e. The molecule has 2 aromatic heterocycles. The Bertz CT molecular complexity index is 2750. The van der Waals surface area contributed by atoms with E-state index in [4.69, 9.17) is 19.8 Å². The van der Waals surface area contributed by atoms with E-state index in [1.165, 1.54) is 57.2 Å². The van der Waals surface area contributed by atoms with Crippen LogP contribution in [0.3, 0.4) is 0 Å². The predicted molar refractivity (Wildman–Crippen MR) is 277 cm³/mol. The summed E-state index contributed by atoms with van der Waals surface area (Å²) >= 11 is 0. The number of methoxy groups -OCH3 is 2. The third-order valence-corrected chi connectivity index (χ3v) is 13.1. The van der Waals surface area contributed by atoms with Crippen LogP contribution in [0.15, 0.2) is 122 Å². The Balaban J connectivity index is 0.000000260. The second kappa shape index (κ2) is 25.4. The number of carbonyl (C=O) groups is 2. The first-order chi connectivity index (χ1) is 33.4. The number of hydrogen-bond acceptors (Lipinski definition) is 14. The summed E-state index contributed by atoms with van der Waals surface area (Å²) < 4.78 is 67.0. The molecule has 0 bridgehead atoms. The molecule has 2 aliphatic rings. The number of carbonyl (C=O) groups excluding carboxylic acids is 2. The highest BCUT2D eigenvalue weighted by Gasteiger charge is 2.28. The largest absolute Gasteiger partial charge is 0.497 e. The first-order valence-corrected chi connectivity index (χ1v) is 25.4. The van der Waals surface area contributed by atoms with Crippen molar-refractivity contribution in [1.29, 1.82) is 0 Å². The highest BCUT2D eigenvalue weighted by Crippen LogP contribution is 2.26. The van der Waals surface area contributed by atoms with E-state index in [9.17, 15) is 26.4 Å². The zero-order chi connectivity index (χ0) is 50.0. The molecule has 20 nitrogen and oxygen atoms in total. The third kappa shape index (κ3) is 15.9. The molecule has 4 heterocycles. The van der Waals surface area contributed by atoms with E-state index in [2.05, 4.69) is 52.4 Å². The molecule has 2 saturated heterocycles. The Morgan fingerprint density at radius 3 is 1.24 bits per heavy atom. The number of imidazole rings is 2. The van der Waals surface area contributed by atoms with E-state index >= 15 is 0 Å². The van der Waals surface area contributed by atoms with Gasteiger partial charge in [0.05, 0.1) is 25.6 Å². The molecule has 0 aliphatic carbocycles. The van der Waals surface area contributed by atoms with Gasteiger partial charge in [-0.05, 0) is 110 Å². The summed E-state index contributed by atoms with van der Waals surface area (Å²) in [6.45, 7) is 5.33. The lowest BCUT2D eigenvalue weighted by atomic mass is 10.0. The van der Waals surface area contributed by atoms with Crippen molar-refractivity contribution in [3.8, 4) is 45.5 Å². The van der Waals surface area contributed by atoms with Crippen LogP contribution in [0.2, 0.25) is 0 Å². The van der Waals surface area contributed by atoms with Crippen molar-refractivity contribution in [2.24, 2.45) is 10.3 Å². The molecule has 72 heavy (non-hydrogen) atoms. The molecular formula is C48H60Cl2N10O10S2. The Labute approximate surface area is 432 Å². The molecular weight excluding hydrogens is 1010 g/mol. The Morgan fingerprint density at radius 1 is 0.569 bits per heavy atom. The molecule has 2 aliphatic heterocycles. The van der Waals surface area contributed by atoms with Crippen molar-refractivity contribution < 1.29 is 44.3 Å². The molecule has 388 valence electrons. The van der Waals surface area contributed by atoms with Crippen molar-refractivity contribution in [3.63, 3.8) is 0 Å². The maximum absolute atomic E-state index is 13.1. The lowest BCUT2D eigenvalue weighted by Crippen LogP contribution is -2.46. The van der Waals surface area contributed by atoms with Crippen LogP contribution in [0.25, 0.3) is 22.5 Å². The van der Waals surface area contributed by atoms with E-state index in [1.807, 2.05) is 38.4 Å². The van der Waals surface area contributed by atoms with Gasteiger partial charge in [-0.1, -0.05) is 24.3 Å². The van der Waals surface area contributed by atoms with Crippen LogP contribution >= 0.6 is 24.8 Å². The zero-order valence-electron chi connectivity index (χ0n) is 40.2. The lowest BCUT2D eigenvalue weighted by Gasteiger charge is -2.36. The van der Waals surface area contributed by atoms with Gasteiger partial charge in [0.25, 0.3) is 0 Å². The van der Waals surface area contributed by atoms with Crippen molar-refractivity contribution in [3.05, 3.63) is 133 Å². The lowest BCUT2D eigenvalue weighted by molar-refractivity contribution is 0.131. The van der Waals surface area contributed by atoms with Gasteiger partial charge in [0, 0.05) is 89.0 Å². The van der Waals surface area contributed by atoms with Crippen LogP contribution in [0.1, 0.15) is 36.8 Å². The summed E-state index contributed by atoms with van der Waals surface area (Å²) in [5, 5.41) is 9.76. The topological polar surface area (TPSA) is 240 Å². The molecule has 2 amide bonds. The SMILES string of the molecule is COc1cccc(CN2CCC(N(C)C(=O)n3cnc(-c4ccc(OS(N)(=O)=O)cc4)c3)CC2)c1.COc1cccc(CN2CCC(N(C)C(=O)n3cnc(-c4ccc(OS(N)(=O)=O)cc4)c3)CC2)c1.Cl.Cl. The van der Waals surface area contributed by atoms with E-state index in [0.29, 0.717) is 22.5 Å². The summed E-state index contributed by atoms with van der Waals surface area (Å²) in [5.41, 5.74) is 5.02. The summed E-state index contributed by atoms with van der Waals surface area (Å²) in [4.78, 5) is 43.1. The molecule has 0 unspecified atom stereocenters. The smallest absolute Gasteiger partial charge is 0.380 e. The van der Waals surface area contributed by atoms with Crippen LogP contribution < -0.4 is 28.1 Å². The second-order valence-electron chi connectivity index (χ2n) is 17.0. The maximum atomic E-state index is 13.1. The van der Waals surface area contributed by atoms with Crippen molar-refractivity contribution in [1.82, 2.24) is 38.7 Å².